The van der Waals surface area contributed by atoms with E-state index in [0.29, 0.717) is 17.9 Å². The van der Waals surface area contributed by atoms with E-state index in [9.17, 15) is 14.0 Å². The van der Waals surface area contributed by atoms with Gasteiger partial charge in [-0.15, -0.1) is 0 Å². The van der Waals surface area contributed by atoms with Crippen molar-refractivity contribution in [3.05, 3.63) is 95.8 Å². The zero-order valence-corrected chi connectivity index (χ0v) is 20.9. The predicted molar refractivity (Wildman–Crippen MR) is 137 cm³/mol. The molecule has 0 radical (unpaired) electrons. The predicted octanol–water partition coefficient (Wildman–Crippen LogP) is 4.77. The number of nitrogens with one attached hydrogen (secondary N) is 1. The average molecular weight is 493 g/mol. The van der Waals surface area contributed by atoms with E-state index in [2.05, 4.69) is 5.32 Å². The summed E-state index contributed by atoms with van der Waals surface area (Å²) in [5, 5.41) is 3.03. The molecule has 1 N–H and O–H groups in total. The lowest BCUT2D eigenvalue weighted by molar-refractivity contribution is -0.143. The summed E-state index contributed by atoms with van der Waals surface area (Å²) in [5.74, 6) is 0.0486. The number of hydrogen-bond donors (Lipinski definition) is 1. The van der Waals surface area contributed by atoms with Crippen LogP contribution >= 0.6 is 0 Å². The van der Waals surface area contributed by atoms with E-state index in [1.807, 2.05) is 68.4 Å². The van der Waals surface area contributed by atoms with Crippen LogP contribution in [0.5, 0.6) is 11.5 Å². The van der Waals surface area contributed by atoms with Gasteiger partial charge in [-0.05, 0) is 60.9 Å². The molecule has 3 aromatic rings. The van der Waals surface area contributed by atoms with Crippen LogP contribution in [0.15, 0.2) is 78.9 Å². The molecule has 0 aliphatic rings. The SMILES string of the molecule is CC[C@@H](C)NC(=O)[C@H](Cc1ccccc1)N(Cc1cccc(OC)c1)C(=O)COc1ccc(F)cc1. The Hall–Kier alpha value is -3.87. The summed E-state index contributed by atoms with van der Waals surface area (Å²) in [6.07, 6.45) is 1.11. The number of amides is 2. The number of rotatable bonds is 12. The second-order valence-corrected chi connectivity index (χ2v) is 8.64. The molecule has 2 atom stereocenters. The molecule has 0 spiro atoms. The Morgan fingerprint density at radius 1 is 0.944 bits per heavy atom. The number of benzene rings is 3. The quantitative estimate of drug-likeness (QED) is 0.396. The van der Waals surface area contributed by atoms with Gasteiger partial charge in [0.05, 0.1) is 7.11 Å². The van der Waals surface area contributed by atoms with E-state index in [0.717, 1.165) is 17.5 Å². The molecule has 6 nitrogen and oxygen atoms in total. The number of carbonyl (C=O) groups excluding carboxylic acids is 2. The van der Waals surface area contributed by atoms with Crippen molar-refractivity contribution in [2.75, 3.05) is 13.7 Å². The van der Waals surface area contributed by atoms with Crippen LogP contribution in [0.1, 0.15) is 31.4 Å². The van der Waals surface area contributed by atoms with Crippen LogP contribution < -0.4 is 14.8 Å². The highest BCUT2D eigenvalue weighted by atomic mass is 19.1. The van der Waals surface area contributed by atoms with Crippen LogP contribution in [-0.4, -0.2) is 42.5 Å². The maximum Gasteiger partial charge on any atom is 0.261 e. The number of nitrogens with zero attached hydrogens (tertiary/aromatic N) is 1. The monoisotopic (exact) mass is 492 g/mol. The van der Waals surface area contributed by atoms with Gasteiger partial charge in [0.2, 0.25) is 5.91 Å². The lowest BCUT2D eigenvalue weighted by atomic mass is 10.0. The van der Waals surface area contributed by atoms with E-state index in [-0.39, 0.29) is 31.0 Å². The molecule has 0 heterocycles. The Morgan fingerprint density at radius 3 is 2.31 bits per heavy atom. The third-order valence-corrected chi connectivity index (χ3v) is 5.94. The molecule has 0 saturated carbocycles. The summed E-state index contributed by atoms with van der Waals surface area (Å²) in [6, 6.07) is 21.7. The molecule has 190 valence electrons. The Bertz CT molecular complexity index is 1120. The summed E-state index contributed by atoms with van der Waals surface area (Å²) in [5.41, 5.74) is 1.75. The molecule has 0 unspecified atom stereocenters. The summed E-state index contributed by atoms with van der Waals surface area (Å²) in [7, 11) is 1.58. The fraction of sp³-hybridized carbons (Fsp3) is 0.310. The molecule has 0 fully saturated rings. The Kier molecular flexibility index (Phi) is 9.86. The van der Waals surface area contributed by atoms with Crippen molar-refractivity contribution in [3.63, 3.8) is 0 Å². The van der Waals surface area contributed by atoms with E-state index in [1.54, 1.807) is 12.0 Å². The maximum absolute atomic E-state index is 13.5. The van der Waals surface area contributed by atoms with Crippen molar-refractivity contribution < 1.29 is 23.5 Å². The first-order chi connectivity index (χ1) is 17.4. The van der Waals surface area contributed by atoms with Gasteiger partial charge in [0.15, 0.2) is 6.61 Å². The van der Waals surface area contributed by atoms with Gasteiger partial charge in [-0.3, -0.25) is 9.59 Å². The standard InChI is InChI=1S/C29H33FN2O4/c1-4-21(2)31-29(34)27(18-22-9-6-5-7-10-22)32(19-23-11-8-12-26(17-23)35-3)28(33)20-36-25-15-13-24(30)14-16-25/h5-17,21,27H,4,18-20H2,1-3H3,(H,31,34)/t21-,27+/m1/s1. The topological polar surface area (TPSA) is 67.9 Å². The molecular weight excluding hydrogens is 459 g/mol. The van der Waals surface area contributed by atoms with Gasteiger partial charge in [0, 0.05) is 19.0 Å². The highest BCUT2D eigenvalue weighted by Gasteiger charge is 2.31. The molecule has 3 aromatic carbocycles. The van der Waals surface area contributed by atoms with E-state index >= 15 is 0 Å². The first kappa shape index (κ1) is 26.7. The second-order valence-electron chi connectivity index (χ2n) is 8.64. The highest BCUT2D eigenvalue weighted by molar-refractivity contribution is 5.88. The van der Waals surface area contributed by atoms with Crippen LogP contribution in [0.25, 0.3) is 0 Å². The Balaban J connectivity index is 1.92. The zero-order chi connectivity index (χ0) is 25.9. The fourth-order valence-electron chi connectivity index (χ4n) is 3.72. The number of methoxy groups -OCH3 is 1. The van der Waals surface area contributed by atoms with Gasteiger partial charge in [0.1, 0.15) is 23.4 Å². The molecule has 36 heavy (non-hydrogen) atoms. The van der Waals surface area contributed by atoms with Crippen molar-refractivity contribution in [1.29, 1.82) is 0 Å². The molecule has 0 saturated heterocycles. The molecule has 0 aliphatic heterocycles. The van der Waals surface area contributed by atoms with Gasteiger partial charge >= 0.3 is 0 Å². The van der Waals surface area contributed by atoms with Crippen LogP contribution in [0.2, 0.25) is 0 Å². The summed E-state index contributed by atoms with van der Waals surface area (Å²) in [4.78, 5) is 28.6. The van der Waals surface area contributed by atoms with Crippen LogP contribution in [0.4, 0.5) is 4.39 Å². The van der Waals surface area contributed by atoms with Crippen molar-refractivity contribution in [1.82, 2.24) is 10.2 Å². The Labute approximate surface area is 212 Å². The van der Waals surface area contributed by atoms with E-state index < -0.39 is 11.9 Å². The number of halogens is 1. The molecule has 0 bridgehead atoms. The van der Waals surface area contributed by atoms with Crippen molar-refractivity contribution in [2.24, 2.45) is 0 Å². The van der Waals surface area contributed by atoms with E-state index in [1.165, 1.54) is 24.3 Å². The second kappa shape index (κ2) is 13.3. The third kappa shape index (κ3) is 7.83. The van der Waals surface area contributed by atoms with Gasteiger partial charge < -0.3 is 19.7 Å². The number of carbonyl (C=O) groups is 2. The van der Waals surface area contributed by atoms with Gasteiger partial charge in [-0.2, -0.15) is 0 Å². The molecule has 0 aliphatic carbocycles. The van der Waals surface area contributed by atoms with Gasteiger partial charge in [-0.1, -0.05) is 49.4 Å². The lowest BCUT2D eigenvalue weighted by Gasteiger charge is -2.32. The first-order valence-electron chi connectivity index (χ1n) is 12.0. The molecule has 3 rings (SSSR count). The minimum absolute atomic E-state index is 0.0417. The zero-order valence-electron chi connectivity index (χ0n) is 20.9. The number of ether oxygens (including phenoxy) is 2. The van der Waals surface area contributed by atoms with Crippen molar-refractivity contribution in [3.8, 4) is 11.5 Å². The molecular formula is C29H33FN2O4. The van der Waals surface area contributed by atoms with Crippen LogP contribution in [0, 0.1) is 5.82 Å². The molecule has 2 amide bonds. The number of hydrogen-bond acceptors (Lipinski definition) is 4. The smallest absolute Gasteiger partial charge is 0.261 e. The average Bonchev–Trinajstić information content (AvgIpc) is 2.90. The minimum atomic E-state index is -0.767. The largest absolute Gasteiger partial charge is 0.497 e. The third-order valence-electron chi connectivity index (χ3n) is 5.94. The Morgan fingerprint density at radius 2 is 1.64 bits per heavy atom. The molecule has 7 heteroatoms. The van der Waals surface area contributed by atoms with Crippen molar-refractivity contribution in [2.45, 2.75) is 45.3 Å². The fourth-order valence-corrected chi connectivity index (χ4v) is 3.72. The molecule has 0 aromatic heterocycles. The summed E-state index contributed by atoms with van der Waals surface area (Å²) in [6.45, 7) is 3.82. The van der Waals surface area contributed by atoms with Crippen LogP contribution in [0.3, 0.4) is 0 Å². The summed E-state index contributed by atoms with van der Waals surface area (Å²) < 4.78 is 24.3. The van der Waals surface area contributed by atoms with Gasteiger partial charge in [-0.25, -0.2) is 4.39 Å². The maximum atomic E-state index is 13.5. The first-order valence-corrected chi connectivity index (χ1v) is 12.0. The normalized spacial score (nSPS) is 12.3. The van der Waals surface area contributed by atoms with Crippen LogP contribution in [-0.2, 0) is 22.6 Å². The lowest BCUT2D eigenvalue weighted by Crippen LogP contribution is -2.53. The summed E-state index contributed by atoms with van der Waals surface area (Å²) >= 11 is 0. The minimum Gasteiger partial charge on any atom is -0.497 e. The van der Waals surface area contributed by atoms with Crippen molar-refractivity contribution >= 4 is 11.8 Å². The highest BCUT2D eigenvalue weighted by Crippen LogP contribution is 2.19. The van der Waals surface area contributed by atoms with Gasteiger partial charge in [0.25, 0.3) is 5.91 Å². The van der Waals surface area contributed by atoms with E-state index in [4.69, 9.17) is 9.47 Å².